The maximum absolute atomic E-state index is 10.8. The van der Waals surface area contributed by atoms with Gasteiger partial charge in [-0.1, -0.05) is 0 Å². The van der Waals surface area contributed by atoms with Crippen molar-refractivity contribution in [2.75, 3.05) is 0 Å². The normalized spacial score (nSPS) is 10.8. The zero-order chi connectivity index (χ0) is 13.1. The van der Waals surface area contributed by atoms with E-state index in [1.54, 1.807) is 17.4 Å². The molecule has 0 aliphatic rings. The third-order valence-corrected chi connectivity index (χ3v) is 3.93. The van der Waals surface area contributed by atoms with E-state index < -0.39 is 5.97 Å². The minimum atomic E-state index is -1.03. The van der Waals surface area contributed by atoms with Crippen LogP contribution < -0.4 is 5.32 Å². The van der Waals surface area contributed by atoms with Gasteiger partial charge in [-0.2, -0.15) is 0 Å². The van der Waals surface area contributed by atoms with Crippen LogP contribution in [0.5, 0.6) is 0 Å². The number of carbonyl (C=O) groups is 1. The van der Waals surface area contributed by atoms with Crippen LogP contribution in [-0.4, -0.2) is 11.1 Å². The minimum absolute atomic E-state index is 0.0149. The average Bonchev–Trinajstić information content (AvgIpc) is 2.87. The molecular formula is C13H15NO3S. The Morgan fingerprint density at radius 3 is 2.83 bits per heavy atom. The van der Waals surface area contributed by atoms with Crippen molar-refractivity contribution in [3.8, 4) is 0 Å². The summed E-state index contributed by atoms with van der Waals surface area (Å²) < 4.78 is 4.92. The fourth-order valence-corrected chi connectivity index (χ4v) is 2.74. The molecule has 2 aromatic heterocycles. The van der Waals surface area contributed by atoms with Crippen molar-refractivity contribution >= 4 is 17.3 Å². The lowest BCUT2D eigenvalue weighted by Crippen LogP contribution is -2.13. The molecule has 2 rings (SSSR count). The van der Waals surface area contributed by atoms with Crippen LogP contribution in [0, 0.1) is 13.8 Å². The largest absolute Gasteiger partial charge is 0.475 e. The molecule has 96 valence electrons. The van der Waals surface area contributed by atoms with Crippen LogP contribution in [0.25, 0.3) is 0 Å². The van der Waals surface area contributed by atoms with Crippen LogP contribution in [0.2, 0.25) is 0 Å². The monoisotopic (exact) mass is 265 g/mol. The van der Waals surface area contributed by atoms with Gasteiger partial charge in [0.1, 0.15) is 0 Å². The highest BCUT2D eigenvalue weighted by Gasteiger charge is 2.13. The van der Waals surface area contributed by atoms with E-state index in [2.05, 4.69) is 25.2 Å². The summed E-state index contributed by atoms with van der Waals surface area (Å²) in [6.07, 6.45) is 1.40. The fraction of sp³-hybridized carbons (Fsp3) is 0.308. The highest BCUT2D eigenvalue weighted by atomic mass is 32.1. The second kappa shape index (κ2) is 5.37. The van der Waals surface area contributed by atoms with Gasteiger partial charge < -0.3 is 14.8 Å². The zero-order valence-corrected chi connectivity index (χ0v) is 11.1. The lowest BCUT2D eigenvalue weighted by molar-refractivity contribution is 0.0660. The number of furan rings is 1. The Morgan fingerprint density at radius 2 is 2.22 bits per heavy atom. The minimum Gasteiger partial charge on any atom is -0.475 e. The standard InChI is InChI=1S/C13H15NO3S/c1-8-5-11(18-9(8)2)7-14-6-10-3-4-17-12(10)13(15)16/h3-5,14H,6-7H2,1-2H3,(H,15,16). The number of aromatic carboxylic acids is 1. The first-order chi connectivity index (χ1) is 8.58. The number of nitrogens with one attached hydrogen (secondary N) is 1. The molecule has 5 heteroatoms. The highest BCUT2D eigenvalue weighted by Crippen LogP contribution is 2.20. The summed E-state index contributed by atoms with van der Waals surface area (Å²) in [4.78, 5) is 13.4. The van der Waals surface area contributed by atoms with E-state index in [4.69, 9.17) is 9.52 Å². The van der Waals surface area contributed by atoms with Crippen molar-refractivity contribution in [2.45, 2.75) is 26.9 Å². The molecule has 2 N–H and O–H groups in total. The van der Waals surface area contributed by atoms with Gasteiger partial charge in [0.2, 0.25) is 5.76 Å². The third kappa shape index (κ3) is 2.80. The number of hydrogen-bond acceptors (Lipinski definition) is 4. The van der Waals surface area contributed by atoms with Crippen molar-refractivity contribution in [3.63, 3.8) is 0 Å². The molecule has 0 saturated carbocycles. The second-order valence-electron chi connectivity index (χ2n) is 4.14. The summed E-state index contributed by atoms with van der Waals surface area (Å²) in [6.45, 7) is 5.42. The van der Waals surface area contributed by atoms with Gasteiger partial charge in [0, 0.05) is 28.4 Å². The van der Waals surface area contributed by atoms with Crippen LogP contribution in [0.1, 0.15) is 31.4 Å². The number of aryl methyl sites for hydroxylation is 2. The summed E-state index contributed by atoms with van der Waals surface area (Å²) in [6, 6.07) is 3.84. The maximum Gasteiger partial charge on any atom is 0.372 e. The number of thiophene rings is 1. The first-order valence-electron chi connectivity index (χ1n) is 5.64. The molecule has 0 fully saturated rings. The van der Waals surface area contributed by atoms with Gasteiger partial charge in [0.05, 0.1) is 6.26 Å². The summed E-state index contributed by atoms with van der Waals surface area (Å²) in [5.74, 6) is -1.01. The van der Waals surface area contributed by atoms with Gasteiger partial charge in [-0.05, 0) is 31.5 Å². The van der Waals surface area contributed by atoms with Gasteiger partial charge in [-0.3, -0.25) is 0 Å². The van der Waals surface area contributed by atoms with Crippen molar-refractivity contribution < 1.29 is 14.3 Å². The molecule has 0 spiro atoms. The number of carboxylic acid groups (broad SMARTS) is 1. The molecule has 0 saturated heterocycles. The van der Waals surface area contributed by atoms with E-state index in [0.717, 1.165) is 6.54 Å². The number of rotatable bonds is 5. The Bertz CT molecular complexity index is 537. The zero-order valence-electron chi connectivity index (χ0n) is 10.3. The summed E-state index contributed by atoms with van der Waals surface area (Å²) >= 11 is 1.76. The molecule has 0 radical (unpaired) electrons. The summed E-state index contributed by atoms with van der Waals surface area (Å²) in [5.41, 5.74) is 1.97. The Morgan fingerprint density at radius 1 is 1.44 bits per heavy atom. The van der Waals surface area contributed by atoms with Crippen LogP contribution in [0.4, 0.5) is 0 Å². The molecule has 0 bridgehead atoms. The van der Waals surface area contributed by atoms with Gasteiger partial charge in [-0.25, -0.2) is 4.79 Å². The topological polar surface area (TPSA) is 62.5 Å². The molecule has 2 heterocycles. The van der Waals surface area contributed by atoms with E-state index in [1.165, 1.54) is 21.6 Å². The quantitative estimate of drug-likeness (QED) is 0.872. The average molecular weight is 265 g/mol. The lowest BCUT2D eigenvalue weighted by atomic mass is 10.2. The smallest absolute Gasteiger partial charge is 0.372 e. The molecule has 0 aliphatic heterocycles. The molecule has 4 nitrogen and oxygen atoms in total. The van der Waals surface area contributed by atoms with Crippen molar-refractivity contribution in [1.29, 1.82) is 0 Å². The predicted octanol–water partition coefficient (Wildman–Crippen LogP) is 2.95. The Kier molecular flexibility index (Phi) is 3.84. The van der Waals surface area contributed by atoms with Gasteiger partial charge in [0.25, 0.3) is 0 Å². The summed E-state index contributed by atoms with van der Waals surface area (Å²) in [7, 11) is 0. The molecule has 0 aromatic carbocycles. The Hall–Kier alpha value is -1.59. The molecule has 2 aromatic rings. The van der Waals surface area contributed by atoms with Crippen LogP contribution in [-0.2, 0) is 13.1 Å². The fourth-order valence-electron chi connectivity index (χ4n) is 1.72. The van der Waals surface area contributed by atoms with Crippen LogP contribution >= 0.6 is 11.3 Å². The molecule has 0 atom stereocenters. The third-order valence-electron chi connectivity index (χ3n) is 2.77. The van der Waals surface area contributed by atoms with E-state index >= 15 is 0 Å². The molecular weight excluding hydrogens is 250 g/mol. The molecule has 0 aliphatic carbocycles. The van der Waals surface area contributed by atoms with Gasteiger partial charge >= 0.3 is 5.97 Å². The van der Waals surface area contributed by atoms with Crippen LogP contribution in [0.15, 0.2) is 22.8 Å². The van der Waals surface area contributed by atoms with Gasteiger partial charge in [-0.15, -0.1) is 11.3 Å². The first-order valence-corrected chi connectivity index (χ1v) is 6.46. The van der Waals surface area contributed by atoms with Crippen molar-refractivity contribution in [1.82, 2.24) is 5.32 Å². The van der Waals surface area contributed by atoms with E-state index in [1.807, 2.05) is 0 Å². The van der Waals surface area contributed by atoms with E-state index in [0.29, 0.717) is 12.1 Å². The lowest BCUT2D eigenvalue weighted by Gasteiger charge is -2.01. The molecule has 0 amide bonds. The Labute approximate surface area is 109 Å². The van der Waals surface area contributed by atoms with Crippen molar-refractivity contribution in [3.05, 3.63) is 45.0 Å². The van der Waals surface area contributed by atoms with Crippen LogP contribution in [0.3, 0.4) is 0 Å². The highest BCUT2D eigenvalue weighted by molar-refractivity contribution is 7.12. The first kappa shape index (κ1) is 12.9. The number of hydrogen-bond donors (Lipinski definition) is 2. The van der Waals surface area contributed by atoms with E-state index in [-0.39, 0.29) is 5.76 Å². The van der Waals surface area contributed by atoms with Gasteiger partial charge in [0.15, 0.2) is 0 Å². The maximum atomic E-state index is 10.8. The number of carboxylic acids is 1. The second-order valence-corrected chi connectivity index (χ2v) is 5.48. The SMILES string of the molecule is Cc1cc(CNCc2ccoc2C(=O)O)sc1C. The van der Waals surface area contributed by atoms with E-state index in [9.17, 15) is 4.79 Å². The summed E-state index contributed by atoms with van der Waals surface area (Å²) in [5, 5.41) is 12.1. The molecule has 0 unspecified atom stereocenters. The molecule has 18 heavy (non-hydrogen) atoms. The van der Waals surface area contributed by atoms with Crippen molar-refractivity contribution in [2.24, 2.45) is 0 Å². The predicted molar refractivity (Wildman–Crippen MR) is 70.0 cm³/mol. The Balaban J connectivity index is 1.92.